The van der Waals surface area contributed by atoms with Gasteiger partial charge < -0.3 is 5.32 Å². The van der Waals surface area contributed by atoms with E-state index in [1.165, 1.54) is 34.8 Å². The van der Waals surface area contributed by atoms with Gasteiger partial charge in [0, 0.05) is 40.2 Å². The number of carbonyl (C=O) groups excluding carboxylic acids is 1. The number of hydrogen-bond acceptors (Lipinski definition) is 7. The van der Waals surface area contributed by atoms with Crippen molar-refractivity contribution >= 4 is 40.4 Å². The number of nitrogens with zero attached hydrogens (tertiary/aromatic N) is 4. The number of nitro benzene ring substituents is 1. The van der Waals surface area contributed by atoms with Gasteiger partial charge in [0.25, 0.3) is 5.69 Å². The zero-order valence-corrected chi connectivity index (χ0v) is 18.0. The van der Waals surface area contributed by atoms with E-state index in [9.17, 15) is 14.9 Å². The predicted molar refractivity (Wildman–Crippen MR) is 120 cm³/mol. The normalized spacial score (nSPS) is 10.7. The Balaban J connectivity index is 1.69. The number of amides is 1. The maximum absolute atomic E-state index is 12.3. The summed E-state index contributed by atoms with van der Waals surface area (Å²) >= 11 is 2.96. The summed E-state index contributed by atoms with van der Waals surface area (Å²) in [7, 11) is 0. The van der Waals surface area contributed by atoms with Gasteiger partial charge in [0.15, 0.2) is 11.0 Å². The number of rotatable bonds is 10. The number of nitro groups is 1. The summed E-state index contributed by atoms with van der Waals surface area (Å²) in [5.41, 5.74) is 1.31. The van der Waals surface area contributed by atoms with Crippen molar-refractivity contribution in [1.82, 2.24) is 14.8 Å². The fraction of sp³-hybridized carbons (Fsp3) is 0.250. The maximum Gasteiger partial charge on any atom is 0.271 e. The van der Waals surface area contributed by atoms with Crippen LogP contribution in [0.15, 0.2) is 53.5 Å². The summed E-state index contributed by atoms with van der Waals surface area (Å²) in [5.74, 6) is 0.564. The molecule has 0 spiro atoms. The molecule has 2 aromatic heterocycles. The molecule has 3 aromatic rings. The van der Waals surface area contributed by atoms with E-state index in [4.69, 9.17) is 0 Å². The minimum atomic E-state index is -0.500. The molecule has 0 bridgehead atoms. The summed E-state index contributed by atoms with van der Waals surface area (Å²) < 4.78 is 1.93. The van der Waals surface area contributed by atoms with E-state index in [0.29, 0.717) is 17.4 Å². The standard InChI is InChI=1S/C20H21N5O3S2/c1-3-6-17-10-14(12-29-17)19-22-23-20(24(19)9-4-2)30-13-18(26)21-15-7-5-8-16(11-15)25(27)28/h4-5,7-8,10-12H,2-3,6,9,13H2,1H3,(H,21,26). The van der Waals surface area contributed by atoms with Crippen LogP contribution in [-0.4, -0.2) is 31.3 Å². The summed E-state index contributed by atoms with van der Waals surface area (Å²) in [6.45, 7) is 6.47. The second-order valence-electron chi connectivity index (χ2n) is 6.40. The van der Waals surface area contributed by atoms with Gasteiger partial charge in [-0.15, -0.1) is 28.1 Å². The molecular formula is C20H21N5O3S2. The van der Waals surface area contributed by atoms with Crippen molar-refractivity contribution in [2.45, 2.75) is 31.5 Å². The SMILES string of the molecule is C=CCn1c(SCC(=O)Nc2cccc([N+](=O)[O-])c2)nnc1-c1csc(CCC)c1. The third-order valence-corrected chi connectivity index (χ3v) is 6.07. The molecule has 30 heavy (non-hydrogen) atoms. The molecule has 1 amide bonds. The second-order valence-corrected chi connectivity index (χ2v) is 8.34. The van der Waals surface area contributed by atoms with E-state index in [1.807, 2.05) is 4.57 Å². The lowest BCUT2D eigenvalue weighted by Gasteiger charge is -2.07. The van der Waals surface area contributed by atoms with Crippen molar-refractivity contribution in [1.29, 1.82) is 0 Å². The summed E-state index contributed by atoms with van der Waals surface area (Å²) in [4.78, 5) is 24.0. The fourth-order valence-corrected chi connectivity index (χ4v) is 4.52. The Morgan fingerprint density at radius 3 is 2.97 bits per heavy atom. The Labute approximate surface area is 182 Å². The van der Waals surface area contributed by atoms with E-state index in [0.717, 1.165) is 24.2 Å². The molecule has 0 aliphatic rings. The molecule has 156 valence electrons. The van der Waals surface area contributed by atoms with Crippen LogP contribution < -0.4 is 5.32 Å². The van der Waals surface area contributed by atoms with E-state index in [1.54, 1.807) is 23.5 Å². The number of aromatic nitrogens is 3. The van der Waals surface area contributed by atoms with Crippen molar-refractivity contribution < 1.29 is 9.72 Å². The Kier molecular flexibility index (Phi) is 7.36. The number of anilines is 1. The van der Waals surface area contributed by atoms with Gasteiger partial charge in [0.05, 0.1) is 10.7 Å². The first-order chi connectivity index (χ1) is 14.5. The van der Waals surface area contributed by atoms with Crippen LogP contribution in [0.2, 0.25) is 0 Å². The number of nitrogens with one attached hydrogen (secondary N) is 1. The van der Waals surface area contributed by atoms with Crippen molar-refractivity contribution in [2.24, 2.45) is 0 Å². The minimum Gasteiger partial charge on any atom is -0.325 e. The van der Waals surface area contributed by atoms with Crippen molar-refractivity contribution in [2.75, 3.05) is 11.1 Å². The van der Waals surface area contributed by atoms with E-state index >= 15 is 0 Å². The molecule has 0 atom stereocenters. The zero-order chi connectivity index (χ0) is 21.5. The minimum absolute atomic E-state index is 0.0750. The monoisotopic (exact) mass is 443 g/mol. The summed E-state index contributed by atoms with van der Waals surface area (Å²) in [6, 6.07) is 7.96. The Hall–Kier alpha value is -2.98. The van der Waals surface area contributed by atoms with E-state index in [2.05, 4.69) is 40.5 Å². The molecule has 0 radical (unpaired) electrons. The van der Waals surface area contributed by atoms with Gasteiger partial charge in [0.1, 0.15) is 0 Å². The van der Waals surface area contributed by atoms with Crippen molar-refractivity contribution in [3.8, 4) is 11.4 Å². The molecule has 1 N–H and O–H groups in total. The van der Waals surface area contributed by atoms with Gasteiger partial charge in [-0.25, -0.2) is 0 Å². The summed E-state index contributed by atoms with van der Waals surface area (Å²) in [5, 5.41) is 24.8. The van der Waals surface area contributed by atoms with Gasteiger partial charge in [0.2, 0.25) is 5.91 Å². The largest absolute Gasteiger partial charge is 0.325 e. The smallest absolute Gasteiger partial charge is 0.271 e. The Bertz CT molecular complexity index is 1060. The second kappa shape index (κ2) is 10.2. The van der Waals surface area contributed by atoms with Crippen LogP contribution in [0.3, 0.4) is 0 Å². The number of allylic oxidation sites excluding steroid dienone is 1. The first-order valence-electron chi connectivity index (χ1n) is 9.30. The number of carbonyl (C=O) groups is 1. The summed E-state index contributed by atoms with van der Waals surface area (Å²) in [6.07, 6.45) is 3.87. The Morgan fingerprint density at radius 1 is 1.40 bits per heavy atom. The van der Waals surface area contributed by atoms with Crippen LogP contribution in [0.5, 0.6) is 0 Å². The molecule has 0 saturated heterocycles. The van der Waals surface area contributed by atoms with Gasteiger partial charge in [-0.05, 0) is 18.6 Å². The lowest BCUT2D eigenvalue weighted by Crippen LogP contribution is -2.14. The van der Waals surface area contributed by atoms with Gasteiger partial charge in [-0.2, -0.15) is 0 Å². The quantitative estimate of drug-likeness (QED) is 0.209. The van der Waals surface area contributed by atoms with Crippen molar-refractivity contribution in [3.63, 3.8) is 0 Å². The highest BCUT2D eigenvalue weighted by atomic mass is 32.2. The predicted octanol–water partition coefficient (Wildman–Crippen LogP) is 4.78. The molecule has 0 saturated carbocycles. The first kappa shape index (κ1) is 21.7. The average Bonchev–Trinajstić information content (AvgIpc) is 3.34. The van der Waals surface area contributed by atoms with Crippen LogP contribution in [0.25, 0.3) is 11.4 Å². The number of thioether (sulfide) groups is 1. The topological polar surface area (TPSA) is 103 Å². The Morgan fingerprint density at radius 2 is 2.23 bits per heavy atom. The highest BCUT2D eigenvalue weighted by Crippen LogP contribution is 2.28. The zero-order valence-electron chi connectivity index (χ0n) is 16.4. The highest BCUT2D eigenvalue weighted by molar-refractivity contribution is 7.99. The van der Waals surface area contributed by atoms with Crippen LogP contribution in [0.1, 0.15) is 18.2 Å². The number of aryl methyl sites for hydroxylation is 1. The molecule has 1 aromatic carbocycles. The highest BCUT2D eigenvalue weighted by Gasteiger charge is 2.16. The lowest BCUT2D eigenvalue weighted by molar-refractivity contribution is -0.384. The maximum atomic E-state index is 12.3. The van der Waals surface area contributed by atoms with E-state index in [-0.39, 0.29) is 17.3 Å². The van der Waals surface area contributed by atoms with E-state index < -0.39 is 4.92 Å². The third-order valence-electron chi connectivity index (χ3n) is 4.11. The lowest BCUT2D eigenvalue weighted by atomic mass is 10.2. The van der Waals surface area contributed by atoms with Gasteiger partial charge in [-0.1, -0.05) is 37.2 Å². The molecule has 0 fully saturated rings. The number of hydrogen-bond donors (Lipinski definition) is 1. The molecule has 0 aliphatic carbocycles. The molecule has 3 rings (SSSR count). The molecule has 0 aliphatic heterocycles. The number of thiophene rings is 1. The van der Waals surface area contributed by atoms with Crippen LogP contribution in [0.4, 0.5) is 11.4 Å². The number of benzene rings is 1. The average molecular weight is 444 g/mol. The van der Waals surface area contributed by atoms with Gasteiger partial charge >= 0.3 is 0 Å². The van der Waals surface area contributed by atoms with Gasteiger partial charge in [-0.3, -0.25) is 19.5 Å². The molecule has 0 unspecified atom stereocenters. The van der Waals surface area contributed by atoms with Crippen LogP contribution in [-0.2, 0) is 17.8 Å². The molecule has 8 nitrogen and oxygen atoms in total. The first-order valence-corrected chi connectivity index (χ1v) is 11.2. The molecule has 10 heteroatoms. The third kappa shape index (κ3) is 5.33. The fourth-order valence-electron chi connectivity index (χ4n) is 2.80. The van der Waals surface area contributed by atoms with Crippen LogP contribution in [0, 0.1) is 10.1 Å². The molecular weight excluding hydrogens is 422 g/mol. The number of non-ortho nitro benzene ring substituents is 1. The van der Waals surface area contributed by atoms with Crippen molar-refractivity contribution in [3.05, 3.63) is 63.4 Å². The molecule has 2 heterocycles. The van der Waals surface area contributed by atoms with Crippen LogP contribution >= 0.6 is 23.1 Å².